The van der Waals surface area contributed by atoms with E-state index in [2.05, 4.69) is 242 Å². The van der Waals surface area contributed by atoms with Crippen molar-refractivity contribution in [3.63, 3.8) is 0 Å². The van der Waals surface area contributed by atoms with E-state index in [0.717, 1.165) is 44.4 Å². The van der Waals surface area contributed by atoms with E-state index in [-0.39, 0.29) is 7.12 Å². The second-order valence-corrected chi connectivity index (χ2v) is 19.9. The minimum absolute atomic E-state index is 0.136. The van der Waals surface area contributed by atoms with Gasteiger partial charge in [0.05, 0.1) is 44.8 Å². The van der Waals surface area contributed by atoms with E-state index in [4.69, 9.17) is 15.0 Å². The third-order valence-corrected chi connectivity index (χ3v) is 17.6. The Bertz CT molecular complexity index is 3430. The first-order chi connectivity index (χ1) is 31.3. The lowest BCUT2D eigenvalue weighted by atomic mass is 9.86. The molecular weight excluding hydrogens is 788 g/mol. The SMILES string of the molecule is c1ccc(N2B3N(c4ccc([Si](c5ccccc5)(c5ccccc5)c5cnc(-n6c7ccccc7n7c8ccccc8nc67)nc5)cc4)c4ccccc4N3c3ccccc32)cc1. The molecule has 0 saturated carbocycles. The lowest BCUT2D eigenvalue weighted by molar-refractivity contribution is 0.970. The highest BCUT2D eigenvalue weighted by molar-refractivity contribution is 7.19. The third kappa shape index (κ3) is 5.13. The lowest BCUT2D eigenvalue weighted by Gasteiger charge is -2.35. The number of para-hydroxylation sites is 9. The van der Waals surface area contributed by atoms with Crippen molar-refractivity contribution in [2.24, 2.45) is 0 Å². The molecule has 11 aromatic rings. The Morgan fingerprint density at radius 3 is 1.40 bits per heavy atom. The smallest absolute Gasteiger partial charge is 0.344 e. The third-order valence-electron chi connectivity index (χ3n) is 12.9. The largest absolute Gasteiger partial charge is 0.519 e. The molecule has 0 N–H and O–H groups in total. The highest BCUT2D eigenvalue weighted by Crippen LogP contribution is 2.55. The second-order valence-electron chi connectivity index (χ2n) is 16.1. The summed E-state index contributed by atoms with van der Waals surface area (Å²) in [5, 5.41) is 4.85. The van der Waals surface area contributed by atoms with Gasteiger partial charge >= 0.3 is 7.12 Å². The average molecular weight is 825 g/mol. The fourth-order valence-corrected chi connectivity index (χ4v) is 14.8. The topological polar surface area (TPSA) is 57.7 Å². The Morgan fingerprint density at radius 2 is 0.810 bits per heavy atom. The molecule has 8 aromatic carbocycles. The van der Waals surface area contributed by atoms with E-state index in [1.807, 2.05) is 6.07 Å². The van der Waals surface area contributed by atoms with Crippen LogP contribution in [-0.2, 0) is 0 Å². The molecule has 0 atom stereocenters. The summed E-state index contributed by atoms with van der Waals surface area (Å²) in [5.74, 6) is 1.37. The van der Waals surface area contributed by atoms with Gasteiger partial charge < -0.3 is 14.4 Å². The summed E-state index contributed by atoms with van der Waals surface area (Å²) in [7, 11) is -3.15. The molecule has 0 spiro atoms. The van der Waals surface area contributed by atoms with Crippen molar-refractivity contribution in [1.29, 1.82) is 0 Å². The number of hydrogen-bond donors (Lipinski definition) is 0. The van der Waals surface area contributed by atoms with Crippen LogP contribution in [0.1, 0.15) is 0 Å². The Hall–Kier alpha value is -8.21. The molecule has 13 rings (SSSR count). The Labute approximate surface area is 365 Å². The molecule has 0 saturated heterocycles. The first-order valence-electron chi connectivity index (χ1n) is 21.3. The molecule has 10 heteroatoms. The molecule has 63 heavy (non-hydrogen) atoms. The van der Waals surface area contributed by atoms with Crippen molar-refractivity contribution < 1.29 is 0 Å². The number of nitrogens with zero attached hydrogens (tertiary/aromatic N) is 8. The van der Waals surface area contributed by atoms with Gasteiger partial charge in [0.25, 0.3) is 0 Å². The molecule has 0 amide bonds. The van der Waals surface area contributed by atoms with Gasteiger partial charge in [0, 0.05) is 23.8 Å². The molecule has 5 heterocycles. The van der Waals surface area contributed by atoms with Crippen LogP contribution in [0.4, 0.5) is 34.1 Å². The van der Waals surface area contributed by atoms with E-state index in [9.17, 15) is 0 Å². The zero-order chi connectivity index (χ0) is 41.5. The van der Waals surface area contributed by atoms with Crippen LogP contribution in [0.25, 0.3) is 33.8 Å². The van der Waals surface area contributed by atoms with Gasteiger partial charge in [0.15, 0.2) is 8.07 Å². The summed E-state index contributed by atoms with van der Waals surface area (Å²) in [6.07, 6.45) is 4.14. The standard InChI is InChI=1S/C53H37BN8Si/c1-4-18-38(19-5-1)60-48-28-14-16-30-50(48)62-51-31-17-15-29-49(51)61(54(60)62)39-32-34-42(35-33-39)63(40-20-6-2-7-21-40,41-22-8-3-9-23-41)43-36-55-52(56-37-43)59-47-27-13-12-26-46(47)58-45-25-11-10-24-44(45)57-53(58)59/h1-37H. The predicted molar refractivity (Wildman–Crippen MR) is 260 cm³/mol. The fraction of sp³-hybridized carbons (Fsp3) is 0. The Kier molecular flexibility index (Phi) is 7.85. The van der Waals surface area contributed by atoms with Gasteiger partial charge in [0.1, 0.15) is 0 Å². The molecule has 2 aliphatic rings. The molecule has 0 aliphatic carbocycles. The van der Waals surface area contributed by atoms with Crippen LogP contribution in [0.5, 0.6) is 0 Å². The van der Waals surface area contributed by atoms with Crippen molar-refractivity contribution in [2.45, 2.75) is 0 Å². The summed E-state index contributed by atoms with van der Waals surface area (Å²) >= 11 is 0. The number of anilines is 6. The Morgan fingerprint density at radius 1 is 0.365 bits per heavy atom. The highest BCUT2D eigenvalue weighted by Gasteiger charge is 2.53. The van der Waals surface area contributed by atoms with Gasteiger partial charge in [-0.2, -0.15) is 0 Å². The summed E-state index contributed by atoms with van der Waals surface area (Å²) in [4.78, 5) is 23.0. The van der Waals surface area contributed by atoms with Crippen LogP contribution in [0.15, 0.2) is 225 Å². The van der Waals surface area contributed by atoms with Gasteiger partial charge in [-0.15, -0.1) is 0 Å². The summed E-state index contributed by atoms with van der Waals surface area (Å²) in [5.41, 5.74) is 11.0. The van der Waals surface area contributed by atoms with Gasteiger partial charge in [-0.05, 0) is 93.5 Å². The number of hydrogen-bond acceptors (Lipinski definition) is 6. The van der Waals surface area contributed by atoms with Crippen molar-refractivity contribution in [3.05, 3.63) is 225 Å². The maximum atomic E-state index is 5.25. The number of aromatic nitrogens is 5. The molecule has 0 radical (unpaired) electrons. The average Bonchev–Trinajstić information content (AvgIpc) is 4.09. The fourth-order valence-electron chi connectivity index (χ4n) is 10.3. The van der Waals surface area contributed by atoms with E-state index in [1.165, 1.54) is 38.3 Å². The lowest BCUT2D eigenvalue weighted by Crippen LogP contribution is -2.74. The van der Waals surface area contributed by atoms with Gasteiger partial charge in [0.2, 0.25) is 11.7 Å². The number of imidazole rings is 2. The van der Waals surface area contributed by atoms with Crippen LogP contribution in [-0.4, -0.2) is 39.1 Å². The van der Waals surface area contributed by atoms with E-state index in [1.54, 1.807) is 0 Å². The normalized spacial score (nSPS) is 13.3. The first-order valence-corrected chi connectivity index (χ1v) is 23.3. The zero-order valence-electron chi connectivity index (χ0n) is 34.0. The molecule has 296 valence electrons. The van der Waals surface area contributed by atoms with Gasteiger partial charge in [-0.25, -0.2) is 19.5 Å². The predicted octanol–water partition coefficient (Wildman–Crippen LogP) is 9.03. The van der Waals surface area contributed by atoms with Crippen molar-refractivity contribution in [1.82, 2.24) is 23.9 Å². The van der Waals surface area contributed by atoms with Crippen molar-refractivity contribution >= 4 is 97.9 Å². The molecule has 2 aliphatic heterocycles. The minimum Gasteiger partial charge on any atom is -0.344 e. The molecular formula is C53H37BN8Si. The van der Waals surface area contributed by atoms with Crippen LogP contribution >= 0.6 is 0 Å². The van der Waals surface area contributed by atoms with Crippen LogP contribution < -0.4 is 35.2 Å². The maximum absolute atomic E-state index is 5.25. The summed E-state index contributed by atoms with van der Waals surface area (Å²) in [6, 6.07) is 76.2. The summed E-state index contributed by atoms with van der Waals surface area (Å²) in [6.45, 7) is 0. The molecule has 0 unspecified atom stereocenters. The maximum Gasteiger partial charge on any atom is 0.519 e. The van der Waals surface area contributed by atoms with Gasteiger partial charge in [-0.3, -0.25) is 4.40 Å². The molecule has 0 bridgehead atoms. The number of benzene rings is 8. The van der Waals surface area contributed by atoms with Crippen LogP contribution in [0.3, 0.4) is 0 Å². The second kappa shape index (κ2) is 13.9. The van der Waals surface area contributed by atoms with Gasteiger partial charge in [-0.1, -0.05) is 140 Å². The summed E-state index contributed by atoms with van der Waals surface area (Å²) < 4.78 is 4.29. The number of rotatable bonds is 7. The monoisotopic (exact) mass is 824 g/mol. The number of fused-ring (bicyclic) bond motifs is 10. The quantitative estimate of drug-likeness (QED) is 0.118. The first kappa shape index (κ1) is 35.5. The van der Waals surface area contributed by atoms with Crippen LogP contribution in [0.2, 0.25) is 0 Å². The van der Waals surface area contributed by atoms with E-state index >= 15 is 0 Å². The minimum atomic E-state index is -3.01. The highest BCUT2D eigenvalue weighted by atomic mass is 28.3. The van der Waals surface area contributed by atoms with E-state index < -0.39 is 8.07 Å². The van der Waals surface area contributed by atoms with E-state index in [0.29, 0.717) is 5.95 Å². The molecule has 0 fully saturated rings. The molecule has 3 aromatic heterocycles. The van der Waals surface area contributed by atoms with Crippen molar-refractivity contribution in [2.75, 3.05) is 14.4 Å². The van der Waals surface area contributed by atoms with Crippen LogP contribution in [0, 0.1) is 0 Å². The molecule has 8 nitrogen and oxygen atoms in total. The van der Waals surface area contributed by atoms with Crippen molar-refractivity contribution in [3.8, 4) is 5.95 Å². The zero-order valence-corrected chi connectivity index (χ0v) is 35.0. The Balaban J connectivity index is 0.983.